The van der Waals surface area contributed by atoms with E-state index in [4.69, 9.17) is 0 Å². The van der Waals surface area contributed by atoms with E-state index in [1.807, 2.05) is 4.90 Å². The summed E-state index contributed by atoms with van der Waals surface area (Å²) in [6.07, 6.45) is 6.80. The molecule has 0 aromatic carbocycles. The molecule has 4 heterocycles. The van der Waals surface area contributed by atoms with E-state index < -0.39 is 0 Å². The summed E-state index contributed by atoms with van der Waals surface area (Å²) < 4.78 is 2.24. The standard InChI is InChI=1S/C17H22N6O/c1-11(2)7-15-20-21-16-8-12-3-4-13(9-22(15)16)23(12)17(24)14-5-6-18-10-19-14/h5-6,10-13H,3-4,7-9H2,1-2H3. The van der Waals surface area contributed by atoms with Gasteiger partial charge in [-0.15, -0.1) is 10.2 Å². The minimum Gasteiger partial charge on any atom is -0.329 e. The van der Waals surface area contributed by atoms with Gasteiger partial charge < -0.3 is 9.47 Å². The summed E-state index contributed by atoms with van der Waals surface area (Å²) in [6, 6.07) is 2.08. The minimum atomic E-state index is 0.00835. The lowest BCUT2D eigenvalue weighted by Gasteiger charge is -2.27. The van der Waals surface area contributed by atoms with E-state index in [9.17, 15) is 4.79 Å². The molecular formula is C17H22N6O. The van der Waals surface area contributed by atoms with Crippen molar-refractivity contribution in [1.29, 1.82) is 0 Å². The molecule has 2 aliphatic rings. The molecule has 0 aliphatic carbocycles. The average molecular weight is 326 g/mol. The molecule has 0 N–H and O–H groups in total. The van der Waals surface area contributed by atoms with Gasteiger partial charge >= 0.3 is 0 Å². The van der Waals surface area contributed by atoms with Crippen LogP contribution in [0.15, 0.2) is 18.6 Å². The van der Waals surface area contributed by atoms with Gasteiger partial charge in [-0.3, -0.25) is 4.79 Å². The van der Waals surface area contributed by atoms with Gasteiger partial charge in [0, 0.05) is 31.6 Å². The van der Waals surface area contributed by atoms with Gasteiger partial charge in [-0.2, -0.15) is 0 Å². The van der Waals surface area contributed by atoms with Gasteiger partial charge in [0.15, 0.2) is 0 Å². The fourth-order valence-corrected chi connectivity index (χ4v) is 3.89. The van der Waals surface area contributed by atoms with E-state index in [1.165, 1.54) is 6.33 Å². The number of aromatic nitrogens is 5. The van der Waals surface area contributed by atoms with Crippen LogP contribution >= 0.6 is 0 Å². The number of carbonyl (C=O) groups excluding carboxylic acids is 1. The van der Waals surface area contributed by atoms with Crippen LogP contribution in [-0.4, -0.2) is 47.6 Å². The molecule has 1 saturated heterocycles. The van der Waals surface area contributed by atoms with Gasteiger partial charge in [0.05, 0.1) is 6.04 Å². The first-order valence-corrected chi connectivity index (χ1v) is 8.63. The zero-order valence-electron chi connectivity index (χ0n) is 14.1. The van der Waals surface area contributed by atoms with E-state index in [2.05, 4.69) is 38.6 Å². The Hall–Kier alpha value is -2.31. The third-order valence-corrected chi connectivity index (χ3v) is 4.96. The summed E-state index contributed by atoms with van der Waals surface area (Å²) in [5.41, 5.74) is 0.474. The monoisotopic (exact) mass is 326 g/mol. The van der Waals surface area contributed by atoms with Gasteiger partial charge in [0.2, 0.25) is 0 Å². The molecule has 1 fully saturated rings. The molecule has 126 valence electrons. The van der Waals surface area contributed by atoms with E-state index in [0.717, 1.165) is 43.9 Å². The zero-order valence-corrected chi connectivity index (χ0v) is 14.1. The number of fused-ring (bicyclic) bond motifs is 3. The zero-order chi connectivity index (χ0) is 16.7. The molecule has 2 aromatic rings. The van der Waals surface area contributed by atoms with Crippen LogP contribution in [-0.2, 0) is 19.4 Å². The first kappa shape index (κ1) is 15.2. The normalized spacial score (nSPS) is 22.5. The van der Waals surface area contributed by atoms with Crippen LogP contribution in [0.3, 0.4) is 0 Å². The Morgan fingerprint density at radius 1 is 1.29 bits per heavy atom. The highest BCUT2D eigenvalue weighted by molar-refractivity contribution is 5.92. The summed E-state index contributed by atoms with van der Waals surface area (Å²) in [7, 11) is 0. The maximum atomic E-state index is 12.9. The minimum absolute atomic E-state index is 0.00835. The molecule has 2 aromatic heterocycles. The third-order valence-electron chi connectivity index (χ3n) is 4.96. The SMILES string of the molecule is CC(C)Cc1nnc2n1CC1CCC(C2)N1C(=O)c1ccncn1. The Balaban J connectivity index is 1.63. The second kappa shape index (κ2) is 5.96. The summed E-state index contributed by atoms with van der Waals surface area (Å²) in [5, 5.41) is 8.80. The molecular weight excluding hydrogens is 304 g/mol. The second-order valence-corrected chi connectivity index (χ2v) is 7.14. The van der Waals surface area contributed by atoms with Crippen molar-refractivity contribution >= 4 is 5.91 Å². The number of nitrogens with zero attached hydrogens (tertiary/aromatic N) is 6. The van der Waals surface area contributed by atoms with Gasteiger partial charge in [-0.05, 0) is 24.8 Å². The molecule has 0 radical (unpaired) electrons. The van der Waals surface area contributed by atoms with Crippen molar-refractivity contribution < 1.29 is 4.79 Å². The quantitative estimate of drug-likeness (QED) is 0.854. The molecule has 2 unspecified atom stereocenters. The molecule has 24 heavy (non-hydrogen) atoms. The van der Waals surface area contributed by atoms with Crippen LogP contribution in [0.25, 0.3) is 0 Å². The lowest BCUT2D eigenvalue weighted by molar-refractivity contribution is 0.0658. The van der Waals surface area contributed by atoms with E-state index in [-0.39, 0.29) is 18.0 Å². The topological polar surface area (TPSA) is 76.8 Å². The van der Waals surface area contributed by atoms with Crippen molar-refractivity contribution in [2.24, 2.45) is 5.92 Å². The van der Waals surface area contributed by atoms with E-state index in [0.29, 0.717) is 11.6 Å². The first-order valence-electron chi connectivity index (χ1n) is 8.63. The largest absolute Gasteiger partial charge is 0.329 e. The molecule has 0 saturated carbocycles. The molecule has 4 rings (SSSR count). The first-order chi connectivity index (χ1) is 11.6. The van der Waals surface area contributed by atoms with Crippen LogP contribution in [0.1, 0.15) is 48.8 Å². The second-order valence-electron chi connectivity index (χ2n) is 7.14. The van der Waals surface area contributed by atoms with Crippen LogP contribution < -0.4 is 0 Å². The number of carbonyl (C=O) groups is 1. The highest BCUT2D eigenvalue weighted by atomic mass is 16.2. The van der Waals surface area contributed by atoms with E-state index >= 15 is 0 Å². The smallest absolute Gasteiger partial charge is 0.273 e. The molecule has 7 nitrogen and oxygen atoms in total. The fraction of sp³-hybridized carbons (Fsp3) is 0.588. The highest BCUT2D eigenvalue weighted by Crippen LogP contribution is 2.32. The number of rotatable bonds is 3. The Morgan fingerprint density at radius 2 is 2.12 bits per heavy atom. The maximum Gasteiger partial charge on any atom is 0.273 e. The average Bonchev–Trinajstić information content (AvgIpc) is 3.07. The van der Waals surface area contributed by atoms with Gasteiger partial charge in [-0.1, -0.05) is 13.8 Å². The number of amides is 1. The van der Waals surface area contributed by atoms with Crippen LogP contribution in [0, 0.1) is 5.92 Å². The lowest BCUT2D eigenvalue weighted by Crippen LogP contribution is -2.42. The summed E-state index contributed by atoms with van der Waals surface area (Å²) in [5.74, 6) is 2.60. The Kier molecular flexibility index (Phi) is 3.78. The fourth-order valence-electron chi connectivity index (χ4n) is 3.89. The van der Waals surface area contributed by atoms with Gasteiger partial charge in [0.25, 0.3) is 5.91 Å². The molecule has 2 atom stereocenters. The van der Waals surface area contributed by atoms with Crippen LogP contribution in [0.2, 0.25) is 0 Å². The van der Waals surface area contributed by atoms with Crippen molar-refractivity contribution in [2.75, 3.05) is 0 Å². The predicted octanol–water partition coefficient (Wildman–Crippen LogP) is 1.50. The Bertz CT molecular complexity index is 741. The highest BCUT2D eigenvalue weighted by Gasteiger charge is 2.41. The molecule has 0 spiro atoms. The predicted molar refractivity (Wildman–Crippen MR) is 87.3 cm³/mol. The third kappa shape index (κ3) is 2.57. The number of hydrogen-bond acceptors (Lipinski definition) is 5. The number of hydrogen-bond donors (Lipinski definition) is 0. The summed E-state index contributed by atoms with van der Waals surface area (Å²) in [4.78, 5) is 23.0. The van der Waals surface area contributed by atoms with Crippen molar-refractivity contribution in [3.63, 3.8) is 0 Å². The van der Waals surface area contributed by atoms with Crippen molar-refractivity contribution in [3.05, 3.63) is 35.9 Å². The molecule has 1 amide bonds. The molecule has 7 heteroatoms. The lowest BCUT2D eigenvalue weighted by atomic mass is 10.1. The van der Waals surface area contributed by atoms with Gasteiger partial charge in [-0.25, -0.2) is 9.97 Å². The van der Waals surface area contributed by atoms with Crippen molar-refractivity contribution in [2.45, 2.75) is 58.2 Å². The Morgan fingerprint density at radius 3 is 2.88 bits per heavy atom. The van der Waals surface area contributed by atoms with Gasteiger partial charge in [0.1, 0.15) is 23.7 Å². The molecule has 2 bridgehead atoms. The van der Waals surface area contributed by atoms with Crippen LogP contribution in [0.5, 0.6) is 0 Å². The van der Waals surface area contributed by atoms with E-state index in [1.54, 1.807) is 12.3 Å². The summed E-state index contributed by atoms with van der Waals surface area (Å²) in [6.45, 7) is 5.17. The van der Waals surface area contributed by atoms with Crippen molar-refractivity contribution in [1.82, 2.24) is 29.6 Å². The van der Waals surface area contributed by atoms with Crippen molar-refractivity contribution in [3.8, 4) is 0 Å². The summed E-state index contributed by atoms with van der Waals surface area (Å²) >= 11 is 0. The molecule has 2 aliphatic heterocycles. The Labute approximate surface area is 141 Å². The van der Waals surface area contributed by atoms with Crippen LogP contribution in [0.4, 0.5) is 0 Å². The maximum absolute atomic E-state index is 12.9.